The molecular formula is C13H24N2O4. The maximum absolute atomic E-state index is 11.6. The molecule has 1 aliphatic rings. The van der Waals surface area contributed by atoms with Crippen LogP contribution in [0.5, 0.6) is 0 Å². The van der Waals surface area contributed by atoms with Crippen molar-refractivity contribution < 1.29 is 19.4 Å². The normalized spacial score (nSPS) is 19.9. The molecule has 0 radical (unpaired) electrons. The van der Waals surface area contributed by atoms with Crippen LogP contribution in [0, 0.1) is 5.92 Å². The van der Waals surface area contributed by atoms with E-state index < -0.39 is 5.97 Å². The van der Waals surface area contributed by atoms with Crippen molar-refractivity contribution in [3.05, 3.63) is 0 Å². The second kappa shape index (κ2) is 8.74. The summed E-state index contributed by atoms with van der Waals surface area (Å²) in [4.78, 5) is 21.9. The summed E-state index contributed by atoms with van der Waals surface area (Å²) < 4.78 is 5.28. The molecule has 0 spiro atoms. The van der Waals surface area contributed by atoms with Crippen molar-refractivity contribution in [1.82, 2.24) is 10.6 Å². The molecule has 2 atom stereocenters. The fraction of sp³-hybridized carbons (Fsp3) is 0.846. The topological polar surface area (TPSA) is 87.7 Å². The molecule has 2 unspecified atom stereocenters. The van der Waals surface area contributed by atoms with Crippen molar-refractivity contribution in [2.24, 2.45) is 5.92 Å². The van der Waals surface area contributed by atoms with Crippen LogP contribution < -0.4 is 10.6 Å². The average molecular weight is 272 g/mol. The van der Waals surface area contributed by atoms with Gasteiger partial charge in [0.15, 0.2) is 0 Å². The van der Waals surface area contributed by atoms with Crippen LogP contribution in [0.15, 0.2) is 0 Å². The molecule has 0 aromatic heterocycles. The molecule has 1 rings (SSSR count). The summed E-state index contributed by atoms with van der Waals surface area (Å²) in [6, 6.07) is -0.0351. The van der Waals surface area contributed by atoms with Gasteiger partial charge < -0.3 is 20.5 Å². The van der Waals surface area contributed by atoms with E-state index in [2.05, 4.69) is 10.6 Å². The van der Waals surface area contributed by atoms with Gasteiger partial charge in [0.25, 0.3) is 0 Å². The van der Waals surface area contributed by atoms with Crippen molar-refractivity contribution in [2.45, 2.75) is 45.1 Å². The van der Waals surface area contributed by atoms with Gasteiger partial charge in [0.2, 0.25) is 0 Å². The number of rotatable bonds is 8. The molecule has 110 valence electrons. The monoisotopic (exact) mass is 272 g/mol. The van der Waals surface area contributed by atoms with Crippen LogP contribution in [-0.4, -0.2) is 42.9 Å². The van der Waals surface area contributed by atoms with E-state index in [1.807, 2.05) is 6.92 Å². The molecule has 0 saturated carbocycles. The third-order valence-corrected chi connectivity index (χ3v) is 3.38. The van der Waals surface area contributed by atoms with E-state index in [9.17, 15) is 9.59 Å². The smallest absolute Gasteiger partial charge is 0.315 e. The molecule has 19 heavy (non-hydrogen) atoms. The summed E-state index contributed by atoms with van der Waals surface area (Å²) in [6.07, 6.45) is 3.48. The SMILES string of the molecule is CC(NC(=O)NCCCCCC(=O)O)C1CCOC1. The number of aliphatic carboxylic acids is 1. The number of carbonyl (C=O) groups is 2. The van der Waals surface area contributed by atoms with E-state index in [1.54, 1.807) is 0 Å². The van der Waals surface area contributed by atoms with Crippen molar-refractivity contribution in [1.29, 1.82) is 0 Å². The molecule has 6 heteroatoms. The number of carboxylic acid groups (broad SMARTS) is 1. The van der Waals surface area contributed by atoms with Gasteiger partial charge in [0.05, 0.1) is 6.61 Å². The number of carbonyl (C=O) groups excluding carboxylic acids is 1. The number of amides is 2. The lowest BCUT2D eigenvalue weighted by molar-refractivity contribution is -0.137. The van der Waals surface area contributed by atoms with Crippen molar-refractivity contribution in [2.75, 3.05) is 19.8 Å². The molecule has 6 nitrogen and oxygen atoms in total. The van der Waals surface area contributed by atoms with E-state index in [0.29, 0.717) is 18.9 Å². The minimum Gasteiger partial charge on any atom is -0.481 e. The van der Waals surface area contributed by atoms with Crippen molar-refractivity contribution in [3.8, 4) is 0 Å². The number of carboxylic acids is 1. The molecule has 3 N–H and O–H groups in total. The number of unbranched alkanes of at least 4 members (excludes halogenated alkanes) is 2. The second-order valence-electron chi connectivity index (χ2n) is 5.02. The van der Waals surface area contributed by atoms with Gasteiger partial charge in [0.1, 0.15) is 0 Å². The molecule has 1 saturated heterocycles. The minimum absolute atomic E-state index is 0.120. The molecule has 1 fully saturated rings. The molecule has 0 aromatic carbocycles. The first kappa shape index (κ1) is 15.8. The molecule has 0 aliphatic carbocycles. The predicted molar refractivity (Wildman–Crippen MR) is 71.0 cm³/mol. The summed E-state index contributed by atoms with van der Waals surface area (Å²) in [5.74, 6) is -0.361. The largest absolute Gasteiger partial charge is 0.481 e. The van der Waals surface area contributed by atoms with Gasteiger partial charge in [0, 0.05) is 31.5 Å². The van der Waals surface area contributed by atoms with E-state index in [0.717, 1.165) is 32.5 Å². The molecule has 2 amide bonds. The summed E-state index contributed by atoms with van der Waals surface area (Å²) in [7, 11) is 0. The Morgan fingerprint density at radius 3 is 2.79 bits per heavy atom. The third kappa shape index (κ3) is 7.00. The first-order valence-corrected chi connectivity index (χ1v) is 6.93. The van der Waals surface area contributed by atoms with Crippen molar-refractivity contribution >= 4 is 12.0 Å². The van der Waals surface area contributed by atoms with Crippen LogP contribution in [0.3, 0.4) is 0 Å². The van der Waals surface area contributed by atoms with Gasteiger partial charge in [-0.05, 0) is 26.2 Å². The molecular weight excluding hydrogens is 248 g/mol. The van der Waals surface area contributed by atoms with Gasteiger partial charge >= 0.3 is 12.0 Å². The zero-order valence-electron chi connectivity index (χ0n) is 11.5. The Morgan fingerprint density at radius 1 is 1.37 bits per heavy atom. The first-order valence-electron chi connectivity index (χ1n) is 6.93. The highest BCUT2D eigenvalue weighted by atomic mass is 16.5. The van der Waals surface area contributed by atoms with Crippen LogP contribution in [0.25, 0.3) is 0 Å². The van der Waals surface area contributed by atoms with E-state index >= 15 is 0 Å². The zero-order valence-corrected chi connectivity index (χ0v) is 11.5. The summed E-state index contributed by atoms with van der Waals surface area (Å²) in [5, 5.41) is 14.2. The van der Waals surface area contributed by atoms with Crippen LogP contribution >= 0.6 is 0 Å². The lowest BCUT2D eigenvalue weighted by Crippen LogP contribution is -2.44. The fourth-order valence-electron chi connectivity index (χ4n) is 2.10. The standard InChI is InChI=1S/C13H24N2O4/c1-10(11-6-8-19-9-11)15-13(18)14-7-4-2-3-5-12(16)17/h10-11H,2-9H2,1H3,(H,16,17)(H2,14,15,18). The average Bonchev–Trinajstić information content (AvgIpc) is 2.87. The summed E-state index contributed by atoms with van der Waals surface area (Å²) in [5.41, 5.74) is 0. The molecule has 1 aliphatic heterocycles. The summed E-state index contributed by atoms with van der Waals surface area (Å²) >= 11 is 0. The lowest BCUT2D eigenvalue weighted by atomic mass is 10.0. The van der Waals surface area contributed by atoms with Crippen molar-refractivity contribution in [3.63, 3.8) is 0 Å². The molecule has 0 bridgehead atoms. The van der Waals surface area contributed by atoms with Gasteiger partial charge in [-0.1, -0.05) is 6.42 Å². The van der Waals surface area contributed by atoms with Crippen LogP contribution in [0.2, 0.25) is 0 Å². The number of ether oxygens (including phenoxy) is 1. The van der Waals surface area contributed by atoms with Crippen LogP contribution in [0.1, 0.15) is 39.0 Å². The van der Waals surface area contributed by atoms with E-state index in [4.69, 9.17) is 9.84 Å². The Morgan fingerprint density at radius 2 is 2.16 bits per heavy atom. The van der Waals surface area contributed by atoms with Gasteiger partial charge in [-0.2, -0.15) is 0 Å². The molecule has 0 aromatic rings. The third-order valence-electron chi connectivity index (χ3n) is 3.38. The Labute approximate surface area is 113 Å². The lowest BCUT2D eigenvalue weighted by Gasteiger charge is -2.19. The minimum atomic E-state index is -0.765. The maximum Gasteiger partial charge on any atom is 0.315 e. The zero-order chi connectivity index (χ0) is 14.1. The number of urea groups is 1. The maximum atomic E-state index is 11.6. The quantitative estimate of drug-likeness (QED) is 0.582. The van der Waals surface area contributed by atoms with Crippen LogP contribution in [0.4, 0.5) is 4.79 Å². The Bertz CT molecular complexity index is 290. The predicted octanol–water partition coefficient (Wildman–Crippen LogP) is 1.36. The van der Waals surface area contributed by atoms with Gasteiger partial charge in [-0.15, -0.1) is 0 Å². The van der Waals surface area contributed by atoms with E-state index in [-0.39, 0.29) is 18.5 Å². The van der Waals surface area contributed by atoms with Gasteiger partial charge in [-0.3, -0.25) is 4.79 Å². The second-order valence-corrected chi connectivity index (χ2v) is 5.02. The summed E-state index contributed by atoms with van der Waals surface area (Å²) in [6.45, 7) is 4.07. The van der Waals surface area contributed by atoms with Gasteiger partial charge in [-0.25, -0.2) is 4.79 Å². The number of hydrogen-bond donors (Lipinski definition) is 3. The fourth-order valence-corrected chi connectivity index (χ4v) is 2.10. The molecule has 1 heterocycles. The Balaban J connectivity index is 1.99. The first-order chi connectivity index (χ1) is 9.09. The number of hydrogen-bond acceptors (Lipinski definition) is 3. The highest BCUT2D eigenvalue weighted by Gasteiger charge is 2.23. The Hall–Kier alpha value is -1.30. The highest BCUT2D eigenvalue weighted by Crippen LogP contribution is 2.16. The van der Waals surface area contributed by atoms with Crippen LogP contribution in [-0.2, 0) is 9.53 Å². The number of nitrogens with one attached hydrogen (secondary N) is 2. The van der Waals surface area contributed by atoms with E-state index in [1.165, 1.54) is 0 Å². The Kier molecular flexibility index (Phi) is 7.25. The highest BCUT2D eigenvalue weighted by molar-refractivity contribution is 5.74.